The number of guanidine groups is 1. The molecule has 1 heterocycles. The van der Waals surface area contributed by atoms with Crippen molar-refractivity contribution in [1.82, 2.24) is 20.0 Å². The first-order valence-corrected chi connectivity index (χ1v) is 8.92. The van der Waals surface area contributed by atoms with Gasteiger partial charge in [-0.2, -0.15) is 5.10 Å². The highest BCUT2D eigenvalue weighted by molar-refractivity contribution is 6.30. The highest BCUT2D eigenvalue weighted by atomic mass is 35.5. The summed E-state index contributed by atoms with van der Waals surface area (Å²) in [5, 5.41) is 8.22. The second-order valence-electron chi connectivity index (χ2n) is 5.58. The molecule has 0 atom stereocenters. The van der Waals surface area contributed by atoms with E-state index in [1.165, 1.54) is 0 Å². The maximum Gasteiger partial charge on any atom is 0.193 e. The van der Waals surface area contributed by atoms with E-state index in [0.29, 0.717) is 11.6 Å². The molecule has 7 heteroatoms. The van der Waals surface area contributed by atoms with Crippen molar-refractivity contribution in [3.8, 4) is 5.75 Å². The van der Waals surface area contributed by atoms with Crippen LogP contribution in [-0.4, -0.2) is 53.9 Å². The number of hydrogen-bond donors (Lipinski definition) is 1. The molecule has 0 radical (unpaired) electrons. The van der Waals surface area contributed by atoms with Crippen LogP contribution in [0.5, 0.6) is 5.75 Å². The van der Waals surface area contributed by atoms with Crippen molar-refractivity contribution >= 4 is 17.6 Å². The number of aromatic nitrogens is 2. The Morgan fingerprint density at radius 2 is 2.16 bits per heavy atom. The smallest absolute Gasteiger partial charge is 0.193 e. The van der Waals surface area contributed by atoms with Crippen LogP contribution in [0.3, 0.4) is 0 Å². The van der Waals surface area contributed by atoms with Crippen LogP contribution in [0.1, 0.15) is 13.3 Å². The molecular weight excluding hydrogens is 338 g/mol. The molecule has 0 bridgehead atoms. The number of halogens is 1. The van der Waals surface area contributed by atoms with Crippen LogP contribution in [-0.2, 0) is 6.54 Å². The number of nitrogens with zero attached hydrogens (tertiary/aromatic N) is 4. The van der Waals surface area contributed by atoms with Crippen molar-refractivity contribution in [3.05, 3.63) is 47.7 Å². The Balaban J connectivity index is 1.74. The van der Waals surface area contributed by atoms with Gasteiger partial charge in [-0.05, 0) is 43.7 Å². The normalized spacial score (nSPS) is 11.4. The summed E-state index contributed by atoms with van der Waals surface area (Å²) in [6.07, 6.45) is 4.71. The highest BCUT2D eigenvalue weighted by Gasteiger charge is 2.05. The van der Waals surface area contributed by atoms with Gasteiger partial charge in [-0.1, -0.05) is 11.6 Å². The molecule has 0 saturated carbocycles. The lowest BCUT2D eigenvalue weighted by Crippen LogP contribution is -2.41. The Morgan fingerprint density at radius 1 is 1.36 bits per heavy atom. The lowest BCUT2D eigenvalue weighted by Gasteiger charge is -2.22. The van der Waals surface area contributed by atoms with E-state index in [4.69, 9.17) is 16.3 Å². The Hall–Kier alpha value is -2.21. The SMILES string of the molecule is CCNC(=NCCCn1cccn1)N(C)CCOc1ccc(Cl)cc1. The fourth-order valence-corrected chi connectivity index (χ4v) is 2.38. The van der Waals surface area contributed by atoms with E-state index in [-0.39, 0.29) is 0 Å². The van der Waals surface area contributed by atoms with Gasteiger partial charge in [0.05, 0.1) is 6.54 Å². The van der Waals surface area contributed by atoms with Gasteiger partial charge in [-0.3, -0.25) is 9.67 Å². The molecule has 0 amide bonds. The maximum atomic E-state index is 5.87. The summed E-state index contributed by atoms with van der Waals surface area (Å²) < 4.78 is 7.66. The van der Waals surface area contributed by atoms with Gasteiger partial charge in [0.25, 0.3) is 0 Å². The van der Waals surface area contributed by atoms with Gasteiger partial charge in [0.1, 0.15) is 12.4 Å². The average molecular weight is 364 g/mol. The topological polar surface area (TPSA) is 54.7 Å². The minimum absolute atomic E-state index is 0.579. The monoisotopic (exact) mass is 363 g/mol. The molecule has 1 aromatic carbocycles. The number of ether oxygens (including phenoxy) is 1. The Labute approximate surface area is 154 Å². The highest BCUT2D eigenvalue weighted by Crippen LogP contribution is 2.15. The first-order chi connectivity index (χ1) is 12.2. The number of hydrogen-bond acceptors (Lipinski definition) is 3. The van der Waals surface area contributed by atoms with E-state index in [1.807, 2.05) is 48.3 Å². The number of aryl methyl sites for hydroxylation is 1. The van der Waals surface area contributed by atoms with Crippen LogP contribution < -0.4 is 10.1 Å². The molecule has 0 aliphatic heterocycles. The summed E-state index contributed by atoms with van der Waals surface area (Å²) in [4.78, 5) is 6.74. The lowest BCUT2D eigenvalue weighted by molar-refractivity contribution is 0.281. The predicted molar refractivity (Wildman–Crippen MR) is 102 cm³/mol. The Bertz CT molecular complexity index is 627. The van der Waals surface area contributed by atoms with Crippen LogP contribution >= 0.6 is 11.6 Å². The van der Waals surface area contributed by atoms with Crippen LogP contribution in [0.25, 0.3) is 0 Å². The minimum Gasteiger partial charge on any atom is -0.492 e. The zero-order valence-corrected chi connectivity index (χ0v) is 15.6. The first-order valence-electron chi connectivity index (χ1n) is 8.54. The molecule has 6 nitrogen and oxygen atoms in total. The molecule has 0 unspecified atom stereocenters. The van der Waals surface area contributed by atoms with Crippen LogP contribution in [0.4, 0.5) is 0 Å². The van der Waals surface area contributed by atoms with Crippen molar-refractivity contribution in [2.24, 2.45) is 4.99 Å². The molecule has 0 spiro atoms. The molecule has 1 N–H and O–H groups in total. The van der Waals surface area contributed by atoms with Crippen molar-refractivity contribution < 1.29 is 4.74 Å². The number of rotatable bonds is 9. The number of benzene rings is 1. The second-order valence-corrected chi connectivity index (χ2v) is 6.02. The average Bonchev–Trinajstić information content (AvgIpc) is 3.12. The molecular formula is C18H26ClN5O. The molecule has 0 aliphatic carbocycles. The number of aliphatic imine (C=N–C) groups is 1. The third kappa shape index (κ3) is 7.05. The molecule has 136 valence electrons. The summed E-state index contributed by atoms with van der Waals surface area (Å²) in [6.45, 7) is 5.85. The quantitative estimate of drug-likeness (QED) is 0.423. The van der Waals surface area contributed by atoms with E-state index in [2.05, 4.69) is 27.2 Å². The molecule has 0 fully saturated rings. The van der Waals surface area contributed by atoms with E-state index in [9.17, 15) is 0 Å². The summed E-state index contributed by atoms with van der Waals surface area (Å²) in [5.74, 6) is 1.71. The van der Waals surface area contributed by atoms with Crippen molar-refractivity contribution in [2.45, 2.75) is 19.9 Å². The Kier molecular flexibility index (Phi) is 8.12. The molecule has 2 rings (SSSR count). The number of nitrogens with one attached hydrogen (secondary N) is 1. The zero-order valence-electron chi connectivity index (χ0n) is 14.9. The summed E-state index contributed by atoms with van der Waals surface area (Å²) >= 11 is 5.87. The fourth-order valence-electron chi connectivity index (χ4n) is 2.26. The van der Waals surface area contributed by atoms with Gasteiger partial charge >= 0.3 is 0 Å². The zero-order chi connectivity index (χ0) is 17.9. The molecule has 1 aromatic heterocycles. The van der Waals surface area contributed by atoms with E-state index < -0.39 is 0 Å². The lowest BCUT2D eigenvalue weighted by atomic mass is 10.3. The maximum absolute atomic E-state index is 5.87. The fraction of sp³-hybridized carbons (Fsp3) is 0.444. The Morgan fingerprint density at radius 3 is 2.84 bits per heavy atom. The van der Waals surface area contributed by atoms with Gasteiger partial charge in [-0.25, -0.2) is 0 Å². The van der Waals surface area contributed by atoms with Gasteiger partial charge in [0.15, 0.2) is 5.96 Å². The van der Waals surface area contributed by atoms with Gasteiger partial charge in [0, 0.05) is 44.1 Å². The van der Waals surface area contributed by atoms with Crippen molar-refractivity contribution in [2.75, 3.05) is 33.3 Å². The van der Waals surface area contributed by atoms with Crippen LogP contribution in [0.2, 0.25) is 5.02 Å². The van der Waals surface area contributed by atoms with Crippen molar-refractivity contribution in [1.29, 1.82) is 0 Å². The first kappa shape index (κ1) is 19.1. The third-order valence-electron chi connectivity index (χ3n) is 3.57. The third-order valence-corrected chi connectivity index (χ3v) is 3.82. The van der Waals surface area contributed by atoms with Crippen LogP contribution in [0, 0.1) is 0 Å². The van der Waals surface area contributed by atoms with E-state index in [0.717, 1.165) is 44.3 Å². The standard InChI is InChI=1S/C18H26ClN5O/c1-3-20-18(21-10-4-12-24-13-5-11-22-24)23(2)14-15-25-17-8-6-16(19)7-9-17/h5-9,11,13H,3-4,10,12,14-15H2,1-2H3,(H,20,21). The summed E-state index contributed by atoms with van der Waals surface area (Å²) in [7, 11) is 2.01. The summed E-state index contributed by atoms with van der Waals surface area (Å²) in [5.41, 5.74) is 0. The van der Waals surface area contributed by atoms with E-state index >= 15 is 0 Å². The van der Waals surface area contributed by atoms with Crippen molar-refractivity contribution in [3.63, 3.8) is 0 Å². The van der Waals surface area contributed by atoms with Gasteiger partial charge in [-0.15, -0.1) is 0 Å². The van der Waals surface area contributed by atoms with Gasteiger partial charge in [0.2, 0.25) is 0 Å². The van der Waals surface area contributed by atoms with Crippen LogP contribution in [0.15, 0.2) is 47.7 Å². The molecule has 0 aliphatic rings. The molecule has 0 saturated heterocycles. The minimum atomic E-state index is 0.579. The predicted octanol–water partition coefficient (Wildman–Crippen LogP) is 2.90. The largest absolute Gasteiger partial charge is 0.492 e. The van der Waals surface area contributed by atoms with E-state index in [1.54, 1.807) is 6.20 Å². The summed E-state index contributed by atoms with van der Waals surface area (Å²) in [6, 6.07) is 9.33. The van der Waals surface area contributed by atoms with Gasteiger partial charge < -0.3 is 15.0 Å². The second kappa shape index (κ2) is 10.6. The number of likely N-dealkylation sites (N-methyl/N-ethyl adjacent to an activating group) is 1. The molecule has 25 heavy (non-hydrogen) atoms. The molecule has 2 aromatic rings.